The first-order valence-corrected chi connectivity index (χ1v) is 7.60. The van der Waals surface area contributed by atoms with E-state index in [-0.39, 0.29) is 11.7 Å². The number of H-pyrrole nitrogens is 1. The van der Waals surface area contributed by atoms with E-state index in [1.807, 2.05) is 18.3 Å². The van der Waals surface area contributed by atoms with Gasteiger partial charge < -0.3 is 4.98 Å². The summed E-state index contributed by atoms with van der Waals surface area (Å²) >= 11 is 5.87. The molecule has 1 fully saturated rings. The second-order valence-corrected chi connectivity index (χ2v) is 5.92. The third-order valence-corrected chi connectivity index (χ3v) is 4.19. The fourth-order valence-electron chi connectivity index (χ4n) is 2.86. The molecule has 0 radical (unpaired) electrons. The maximum atomic E-state index is 12.6. The summed E-state index contributed by atoms with van der Waals surface area (Å²) < 4.78 is 0. The average molecular weight is 304 g/mol. The average Bonchev–Trinajstić information content (AvgIpc) is 3.00. The molecule has 5 heteroatoms. The van der Waals surface area contributed by atoms with Crippen molar-refractivity contribution in [2.75, 3.05) is 13.1 Å². The van der Waals surface area contributed by atoms with Gasteiger partial charge in [-0.05, 0) is 43.7 Å². The Morgan fingerprint density at radius 3 is 2.90 bits per heavy atom. The van der Waals surface area contributed by atoms with E-state index in [0.29, 0.717) is 5.02 Å². The summed E-state index contributed by atoms with van der Waals surface area (Å²) in [6.45, 7) is 2.59. The lowest BCUT2D eigenvalue weighted by atomic mass is 9.90. The first-order valence-electron chi connectivity index (χ1n) is 7.23. The molecule has 1 aliphatic rings. The Morgan fingerprint density at radius 1 is 1.38 bits per heavy atom. The number of aromatic nitrogens is 2. The molecule has 1 aliphatic heterocycles. The second-order valence-electron chi connectivity index (χ2n) is 5.48. The van der Waals surface area contributed by atoms with Crippen molar-refractivity contribution < 1.29 is 4.79 Å². The maximum Gasteiger partial charge on any atom is 0.167 e. The summed E-state index contributed by atoms with van der Waals surface area (Å²) in [5.74, 6) is 1.24. The van der Waals surface area contributed by atoms with Gasteiger partial charge in [0, 0.05) is 35.4 Å². The summed E-state index contributed by atoms with van der Waals surface area (Å²) in [5.41, 5.74) is 0.754. The highest BCUT2D eigenvalue weighted by atomic mass is 35.5. The van der Waals surface area contributed by atoms with Crippen LogP contribution in [0, 0.1) is 5.92 Å². The largest absolute Gasteiger partial charge is 0.348 e. The number of aromatic amines is 1. The van der Waals surface area contributed by atoms with E-state index < -0.39 is 0 Å². The molecule has 0 bridgehead atoms. The second kappa shape index (κ2) is 6.41. The van der Waals surface area contributed by atoms with Gasteiger partial charge >= 0.3 is 0 Å². The van der Waals surface area contributed by atoms with Gasteiger partial charge in [0.15, 0.2) is 5.78 Å². The number of rotatable bonds is 4. The minimum absolute atomic E-state index is 0.0647. The molecule has 1 atom stereocenters. The standard InChI is InChI=1S/C16H18ClN3O/c17-14-5-3-12(4-6-14)16(21)13-2-1-9-20(10-13)11-15-18-7-8-19-15/h3-8,13H,1-2,9-11H2,(H,18,19)/t13-/m1/s1. The molecule has 0 amide bonds. The minimum Gasteiger partial charge on any atom is -0.348 e. The first kappa shape index (κ1) is 14.3. The van der Waals surface area contributed by atoms with Gasteiger partial charge in [-0.3, -0.25) is 9.69 Å². The number of nitrogens with one attached hydrogen (secondary N) is 1. The molecule has 4 nitrogen and oxygen atoms in total. The van der Waals surface area contributed by atoms with E-state index in [1.54, 1.807) is 18.3 Å². The monoisotopic (exact) mass is 303 g/mol. The summed E-state index contributed by atoms with van der Waals surface area (Å²) in [6.07, 6.45) is 5.59. The number of halogens is 1. The SMILES string of the molecule is O=C(c1ccc(Cl)cc1)[C@@H]1CCCN(Cc2ncc[nH]2)C1. The van der Waals surface area contributed by atoms with E-state index in [9.17, 15) is 4.79 Å². The topological polar surface area (TPSA) is 49.0 Å². The third kappa shape index (κ3) is 3.52. The number of imidazole rings is 1. The van der Waals surface area contributed by atoms with Crippen LogP contribution in [0.4, 0.5) is 0 Å². The lowest BCUT2D eigenvalue weighted by Crippen LogP contribution is -2.38. The Balaban J connectivity index is 1.65. The number of likely N-dealkylation sites (tertiary alicyclic amines) is 1. The fraction of sp³-hybridized carbons (Fsp3) is 0.375. The zero-order chi connectivity index (χ0) is 14.7. The van der Waals surface area contributed by atoms with Crippen LogP contribution in [0.2, 0.25) is 5.02 Å². The Labute approximate surface area is 129 Å². The van der Waals surface area contributed by atoms with Gasteiger partial charge in [-0.2, -0.15) is 0 Å². The quantitative estimate of drug-likeness (QED) is 0.883. The van der Waals surface area contributed by atoms with Crippen molar-refractivity contribution in [2.24, 2.45) is 5.92 Å². The van der Waals surface area contributed by atoms with Crippen molar-refractivity contribution in [3.8, 4) is 0 Å². The van der Waals surface area contributed by atoms with Gasteiger partial charge in [0.25, 0.3) is 0 Å². The van der Waals surface area contributed by atoms with Crippen LogP contribution in [0.15, 0.2) is 36.7 Å². The van der Waals surface area contributed by atoms with Crippen LogP contribution in [0.5, 0.6) is 0 Å². The molecule has 1 aromatic heterocycles. The lowest BCUT2D eigenvalue weighted by Gasteiger charge is -2.31. The maximum absolute atomic E-state index is 12.6. The number of Topliss-reactive ketones (excluding diaryl/α,β-unsaturated/α-hetero) is 1. The van der Waals surface area contributed by atoms with Gasteiger partial charge in [0.1, 0.15) is 5.82 Å². The van der Waals surface area contributed by atoms with Crippen molar-refractivity contribution in [2.45, 2.75) is 19.4 Å². The minimum atomic E-state index is 0.0647. The summed E-state index contributed by atoms with van der Waals surface area (Å²) in [4.78, 5) is 22.2. The molecule has 2 heterocycles. The zero-order valence-electron chi connectivity index (χ0n) is 11.8. The Kier molecular flexibility index (Phi) is 4.36. The molecule has 1 saturated heterocycles. The molecule has 0 spiro atoms. The molecule has 110 valence electrons. The summed E-state index contributed by atoms with van der Waals surface area (Å²) in [6, 6.07) is 7.18. The van der Waals surface area contributed by atoms with Crippen molar-refractivity contribution in [1.82, 2.24) is 14.9 Å². The van der Waals surface area contributed by atoms with Crippen LogP contribution in [-0.4, -0.2) is 33.7 Å². The molecule has 0 saturated carbocycles. The van der Waals surface area contributed by atoms with Crippen LogP contribution in [-0.2, 0) is 6.54 Å². The van der Waals surface area contributed by atoms with Crippen LogP contribution < -0.4 is 0 Å². The highest BCUT2D eigenvalue weighted by Crippen LogP contribution is 2.22. The van der Waals surface area contributed by atoms with Crippen LogP contribution >= 0.6 is 11.6 Å². The number of carbonyl (C=O) groups excluding carboxylic acids is 1. The van der Waals surface area contributed by atoms with Gasteiger partial charge in [-0.25, -0.2) is 4.98 Å². The van der Waals surface area contributed by atoms with E-state index in [4.69, 9.17) is 11.6 Å². The Morgan fingerprint density at radius 2 is 2.19 bits per heavy atom. The number of carbonyl (C=O) groups is 1. The van der Waals surface area contributed by atoms with Crippen molar-refractivity contribution in [1.29, 1.82) is 0 Å². The van der Waals surface area contributed by atoms with Gasteiger partial charge in [0.05, 0.1) is 6.54 Å². The number of ketones is 1. The van der Waals surface area contributed by atoms with Gasteiger partial charge in [-0.1, -0.05) is 11.6 Å². The Bertz CT molecular complexity index is 594. The summed E-state index contributed by atoms with van der Waals surface area (Å²) in [5, 5.41) is 0.662. The van der Waals surface area contributed by atoms with Crippen LogP contribution in [0.1, 0.15) is 29.0 Å². The highest BCUT2D eigenvalue weighted by Gasteiger charge is 2.26. The smallest absolute Gasteiger partial charge is 0.167 e. The van der Waals surface area contributed by atoms with Crippen molar-refractivity contribution >= 4 is 17.4 Å². The molecule has 1 aromatic carbocycles. The fourth-order valence-corrected chi connectivity index (χ4v) is 2.99. The van der Waals surface area contributed by atoms with Crippen molar-refractivity contribution in [3.05, 3.63) is 53.1 Å². The number of nitrogens with zero attached hydrogens (tertiary/aromatic N) is 2. The van der Waals surface area contributed by atoms with Crippen LogP contribution in [0.3, 0.4) is 0 Å². The highest BCUT2D eigenvalue weighted by molar-refractivity contribution is 6.30. The first-order chi connectivity index (χ1) is 10.2. The normalized spacial score (nSPS) is 19.6. The number of hydrogen-bond acceptors (Lipinski definition) is 3. The molecular weight excluding hydrogens is 286 g/mol. The third-order valence-electron chi connectivity index (χ3n) is 3.93. The molecular formula is C16H18ClN3O. The molecule has 0 unspecified atom stereocenters. The molecule has 1 N–H and O–H groups in total. The van der Waals surface area contributed by atoms with Crippen molar-refractivity contribution in [3.63, 3.8) is 0 Å². The molecule has 3 rings (SSSR count). The van der Waals surface area contributed by atoms with E-state index in [1.165, 1.54) is 0 Å². The molecule has 21 heavy (non-hydrogen) atoms. The number of benzene rings is 1. The predicted molar refractivity (Wildman–Crippen MR) is 82.4 cm³/mol. The molecule has 2 aromatic rings. The van der Waals surface area contributed by atoms with Gasteiger partial charge in [-0.15, -0.1) is 0 Å². The van der Waals surface area contributed by atoms with E-state index in [2.05, 4.69) is 14.9 Å². The molecule has 0 aliphatic carbocycles. The van der Waals surface area contributed by atoms with Gasteiger partial charge in [0.2, 0.25) is 0 Å². The van der Waals surface area contributed by atoms with Crippen LogP contribution in [0.25, 0.3) is 0 Å². The van der Waals surface area contributed by atoms with E-state index in [0.717, 1.165) is 43.9 Å². The summed E-state index contributed by atoms with van der Waals surface area (Å²) in [7, 11) is 0. The zero-order valence-corrected chi connectivity index (χ0v) is 12.5. The predicted octanol–water partition coefficient (Wildman–Crippen LogP) is 3.16. The number of piperidine rings is 1. The number of hydrogen-bond donors (Lipinski definition) is 1. The Hall–Kier alpha value is -1.65. The lowest BCUT2D eigenvalue weighted by molar-refractivity contribution is 0.0808. The van der Waals surface area contributed by atoms with E-state index >= 15 is 0 Å².